The summed E-state index contributed by atoms with van der Waals surface area (Å²) in [7, 11) is -2.21. The Kier molecular flexibility index (Phi) is 4.52. The van der Waals surface area contributed by atoms with Crippen LogP contribution in [0.5, 0.6) is 5.75 Å². The Morgan fingerprint density at radius 2 is 1.96 bits per heavy atom. The van der Waals surface area contributed by atoms with Crippen LogP contribution in [0.25, 0.3) is 11.3 Å². The van der Waals surface area contributed by atoms with Crippen LogP contribution in [0.4, 0.5) is 15.2 Å². The second-order valence-corrected chi connectivity index (χ2v) is 8.56. The van der Waals surface area contributed by atoms with Crippen molar-refractivity contribution in [3.05, 3.63) is 53.7 Å². The van der Waals surface area contributed by atoms with Crippen molar-refractivity contribution in [2.45, 2.75) is 4.90 Å². The summed E-state index contributed by atoms with van der Waals surface area (Å²) in [6.45, 7) is -0.00510. The van der Waals surface area contributed by atoms with Crippen LogP contribution in [-0.2, 0) is 14.8 Å². The van der Waals surface area contributed by atoms with Gasteiger partial charge in [-0.1, -0.05) is 0 Å². The number of sulfonamides is 1. The number of carbonyl (C=O) groups is 1. The molecule has 0 bridgehead atoms. The van der Waals surface area contributed by atoms with E-state index in [2.05, 4.69) is 9.71 Å². The van der Waals surface area contributed by atoms with E-state index in [1.54, 1.807) is 30.6 Å². The summed E-state index contributed by atoms with van der Waals surface area (Å²) >= 11 is 1.12. The molecule has 7 nitrogen and oxygen atoms in total. The molecule has 1 aliphatic rings. The molecule has 0 fully saturated rings. The van der Waals surface area contributed by atoms with E-state index in [-0.39, 0.29) is 22.5 Å². The average molecular weight is 419 g/mol. The third-order valence-electron chi connectivity index (χ3n) is 4.19. The van der Waals surface area contributed by atoms with Gasteiger partial charge in [-0.3, -0.25) is 9.52 Å². The van der Waals surface area contributed by atoms with Crippen LogP contribution in [0.2, 0.25) is 0 Å². The van der Waals surface area contributed by atoms with E-state index >= 15 is 0 Å². The van der Waals surface area contributed by atoms with Crippen molar-refractivity contribution in [1.29, 1.82) is 0 Å². The molecule has 0 aliphatic carbocycles. The number of fused-ring (bicyclic) bond motifs is 1. The van der Waals surface area contributed by atoms with Crippen LogP contribution < -0.4 is 14.4 Å². The minimum Gasteiger partial charge on any atom is -0.482 e. The van der Waals surface area contributed by atoms with Crippen molar-refractivity contribution in [2.75, 3.05) is 23.3 Å². The lowest BCUT2D eigenvalue weighted by atomic mass is 10.1. The van der Waals surface area contributed by atoms with Gasteiger partial charge in [0.15, 0.2) is 11.7 Å². The molecule has 10 heteroatoms. The van der Waals surface area contributed by atoms with Gasteiger partial charge in [-0.25, -0.2) is 17.8 Å². The Morgan fingerprint density at radius 1 is 1.21 bits per heavy atom. The second-order valence-electron chi connectivity index (χ2n) is 6.02. The van der Waals surface area contributed by atoms with Crippen LogP contribution in [-0.4, -0.2) is 33.0 Å². The summed E-state index contributed by atoms with van der Waals surface area (Å²) < 4.78 is 45.6. The smallest absolute Gasteiger partial charge is 0.264 e. The van der Waals surface area contributed by atoms with Gasteiger partial charge in [0.25, 0.3) is 15.9 Å². The maximum atomic E-state index is 13.0. The van der Waals surface area contributed by atoms with Crippen molar-refractivity contribution >= 4 is 38.1 Å². The maximum absolute atomic E-state index is 13.0. The summed E-state index contributed by atoms with van der Waals surface area (Å²) in [5, 5.41) is 1.88. The lowest BCUT2D eigenvalue weighted by molar-refractivity contribution is -0.120. The Labute approximate surface area is 164 Å². The van der Waals surface area contributed by atoms with Gasteiger partial charge >= 0.3 is 0 Å². The fourth-order valence-electron chi connectivity index (χ4n) is 2.67. The van der Waals surface area contributed by atoms with Crippen molar-refractivity contribution in [3.8, 4) is 17.0 Å². The third-order valence-corrected chi connectivity index (χ3v) is 6.43. The minimum absolute atomic E-state index is 0.00510. The van der Waals surface area contributed by atoms with Crippen molar-refractivity contribution in [2.24, 2.45) is 0 Å². The highest BCUT2D eigenvalue weighted by Gasteiger charge is 2.23. The highest BCUT2D eigenvalue weighted by molar-refractivity contribution is 7.93. The van der Waals surface area contributed by atoms with Gasteiger partial charge in [0.1, 0.15) is 11.6 Å². The predicted molar refractivity (Wildman–Crippen MR) is 104 cm³/mol. The number of likely N-dealkylation sites (N-methyl/N-ethyl adjacent to an activating group) is 1. The molecule has 0 radical (unpaired) electrons. The number of ether oxygens (including phenoxy) is 1. The number of aromatic nitrogens is 1. The van der Waals surface area contributed by atoms with Crippen LogP contribution in [0, 0.1) is 5.82 Å². The first-order chi connectivity index (χ1) is 13.3. The van der Waals surface area contributed by atoms with Crippen LogP contribution in [0.1, 0.15) is 0 Å². The molecular formula is C18H14FN3O4S2. The number of amides is 1. The van der Waals surface area contributed by atoms with E-state index in [0.717, 1.165) is 23.5 Å². The minimum atomic E-state index is -3.87. The molecule has 0 spiro atoms. The predicted octanol–water partition coefficient (Wildman–Crippen LogP) is 3.11. The zero-order valence-corrected chi connectivity index (χ0v) is 16.2. The molecule has 2 aromatic carbocycles. The van der Waals surface area contributed by atoms with E-state index in [1.807, 2.05) is 0 Å². The first-order valence-electron chi connectivity index (χ1n) is 8.11. The van der Waals surface area contributed by atoms with Crippen molar-refractivity contribution in [3.63, 3.8) is 0 Å². The number of anilines is 2. The Balaban J connectivity index is 1.60. The van der Waals surface area contributed by atoms with Crippen LogP contribution >= 0.6 is 11.3 Å². The standard InChI is InChI=1S/C18H14FN3O4S2/c1-22-15-8-11(2-7-16(15)26-9-17(22)23)14-10-27-18(20-14)21-28(24,25)13-5-3-12(19)4-6-13/h2-8,10H,9H2,1H3,(H,20,21). The number of halogens is 1. The van der Waals surface area contributed by atoms with E-state index in [4.69, 9.17) is 4.74 Å². The maximum Gasteiger partial charge on any atom is 0.264 e. The molecule has 1 N–H and O–H groups in total. The van der Waals surface area contributed by atoms with Crippen LogP contribution in [0.15, 0.2) is 52.7 Å². The molecular weight excluding hydrogens is 405 g/mol. The topological polar surface area (TPSA) is 88.6 Å². The number of hydrogen-bond donors (Lipinski definition) is 1. The van der Waals surface area contributed by atoms with E-state index in [9.17, 15) is 17.6 Å². The lowest BCUT2D eigenvalue weighted by Gasteiger charge is -2.26. The largest absolute Gasteiger partial charge is 0.482 e. The van der Waals surface area contributed by atoms with Gasteiger partial charge in [-0.2, -0.15) is 0 Å². The van der Waals surface area contributed by atoms with Crippen molar-refractivity contribution < 1.29 is 22.3 Å². The van der Waals surface area contributed by atoms with Gasteiger partial charge in [-0.15, -0.1) is 11.3 Å². The fourth-order valence-corrected chi connectivity index (χ4v) is 4.64. The SMILES string of the molecule is CN1C(=O)COc2ccc(-c3csc(NS(=O)(=O)c4ccc(F)cc4)n3)cc21. The van der Waals surface area contributed by atoms with Gasteiger partial charge in [0, 0.05) is 18.0 Å². The quantitative estimate of drug-likeness (QED) is 0.702. The normalized spacial score (nSPS) is 13.8. The summed E-state index contributed by atoms with van der Waals surface area (Å²) in [5.74, 6) is -0.0793. The van der Waals surface area contributed by atoms with Gasteiger partial charge < -0.3 is 9.64 Å². The third kappa shape index (κ3) is 3.43. The number of carbonyl (C=O) groups excluding carboxylic acids is 1. The number of nitrogens with one attached hydrogen (secondary N) is 1. The fraction of sp³-hybridized carbons (Fsp3) is 0.111. The molecule has 1 aliphatic heterocycles. The molecule has 3 aromatic rings. The molecule has 4 rings (SSSR count). The van der Waals surface area contributed by atoms with Gasteiger partial charge in [0.05, 0.1) is 16.3 Å². The molecule has 144 valence electrons. The van der Waals surface area contributed by atoms with E-state index < -0.39 is 15.8 Å². The summed E-state index contributed by atoms with van der Waals surface area (Å²) in [6.07, 6.45) is 0. The zero-order valence-electron chi connectivity index (χ0n) is 14.5. The molecule has 2 heterocycles. The summed E-state index contributed by atoms with van der Waals surface area (Å²) in [5.41, 5.74) is 1.89. The molecule has 0 saturated heterocycles. The summed E-state index contributed by atoms with van der Waals surface area (Å²) in [4.78, 5) is 17.6. The van der Waals surface area contributed by atoms with E-state index in [1.165, 1.54) is 17.0 Å². The van der Waals surface area contributed by atoms with Crippen molar-refractivity contribution in [1.82, 2.24) is 4.98 Å². The average Bonchev–Trinajstić information content (AvgIpc) is 3.13. The Morgan fingerprint density at radius 3 is 2.71 bits per heavy atom. The molecule has 0 unspecified atom stereocenters. The molecule has 28 heavy (non-hydrogen) atoms. The number of nitrogens with zero attached hydrogens (tertiary/aromatic N) is 2. The first kappa shape index (κ1) is 18.4. The Hall–Kier alpha value is -2.98. The monoisotopic (exact) mass is 419 g/mol. The molecule has 1 aromatic heterocycles. The Bertz CT molecular complexity index is 1160. The number of thiazole rings is 1. The number of hydrogen-bond acceptors (Lipinski definition) is 6. The zero-order chi connectivity index (χ0) is 19.9. The summed E-state index contributed by atoms with van der Waals surface area (Å²) in [6, 6.07) is 9.82. The second kappa shape index (κ2) is 6.88. The number of benzene rings is 2. The lowest BCUT2D eigenvalue weighted by Crippen LogP contribution is -2.35. The molecule has 0 saturated carbocycles. The highest BCUT2D eigenvalue weighted by Crippen LogP contribution is 2.36. The first-order valence-corrected chi connectivity index (χ1v) is 10.5. The highest BCUT2D eigenvalue weighted by atomic mass is 32.2. The molecule has 1 amide bonds. The number of rotatable bonds is 4. The molecule has 0 atom stereocenters. The van der Waals surface area contributed by atoms with Gasteiger partial charge in [-0.05, 0) is 42.5 Å². The van der Waals surface area contributed by atoms with E-state index in [0.29, 0.717) is 22.7 Å². The van der Waals surface area contributed by atoms with Crippen LogP contribution in [0.3, 0.4) is 0 Å². The van der Waals surface area contributed by atoms with Gasteiger partial charge in [0.2, 0.25) is 0 Å².